The van der Waals surface area contributed by atoms with E-state index in [0.29, 0.717) is 23.7 Å². The summed E-state index contributed by atoms with van der Waals surface area (Å²) in [4.78, 5) is 11.4. The Morgan fingerprint density at radius 3 is 2.55 bits per heavy atom. The molecule has 0 saturated heterocycles. The van der Waals surface area contributed by atoms with Gasteiger partial charge in [-0.05, 0) is 44.1 Å². The summed E-state index contributed by atoms with van der Waals surface area (Å²) in [5.41, 5.74) is 1.32. The predicted molar refractivity (Wildman–Crippen MR) is 83.6 cm³/mol. The smallest absolute Gasteiger partial charge is 0.305 e. The Labute approximate surface area is 130 Å². The topological polar surface area (TPSA) is 54.0 Å². The summed E-state index contributed by atoms with van der Waals surface area (Å²) in [6.45, 7) is 3.95. The average Bonchev–Trinajstić information content (AvgIpc) is 2.50. The van der Waals surface area contributed by atoms with E-state index in [-0.39, 0.29) is 12.4 Å². The van der Waals surface area contributed by atoms with Crippen molar-refractivity contribution in [2.45, 2.75) is 32.3 Å². The molecule has 5 heteroatoms. The molecule has 0 N–H and O–H groups in total. The Morgan fingerprint density at radius 1 is 1.23 bits per heavy atom. The Bertz CT molecular complexity index is 602. The van der Waals surface area contributed by atoms with Crippen LogP contribution in [0.4, 0.5) is 0 Å². The van der Waals surface area contributed by atoms with Crippen molar-refractivity contribution in [3.8, 4) is 17.2 Å². The van der Waals surface area contributed by atoms with Crippen LogP contribution < -0.4 is 14.2 Å². The number of fused-ring (bicyclic) bond motifs is 1. The van der Waals surface area contributed by atoms with Gasteiger partial charge in [-0.25, -0.2) is 0 Å². The maximum absolute atomic E-state index is 11.4. The van der Waals surface area contributed by atoms with E-state index in [2.05, 4.69) is 0 Å². The first-order valence-corrected chi connectivity index (χ1v) is 7.14. The highest BCUT2D eigenvalue weighted by atomic mass is 16.5. The van der Waals surface area contributed by atoms with Gasteiger partial charge in [-0.15, -0.1) is 0 Å². The third-order valence-corrected chi connectivity index (χ3v) is 3.58. The zero-order valence-corrected chi connectivity index (χ0v) is 13.7. The molecule has 1 heterocycles. The van der Waals surface area contributed by atoms with Gasteiger partial charge in [0.25, 0.3) is 0 Å². The highest BCUT2D eigenvalue weighted by molar-refractivity contribution is 5.74. The lowest BCUT2D eigenvalue weighted by atomic mass is 9.97. The van der Waals surface area contributed by atoms with Gasteiger partial charge in [0.2, 0.25) is 0 Å². The summed E-state index contributed by atoms with van der Waals surface area (Å²) in [7, 11) is 4.59. The standard InChI is InChI=1S/C17H22O5/c1-17(2)9-8-12-15(21-5)11(6-7-14(18)20-4)10-13(19-3)16(12)22-17/h8-10H,6-7H2,1-5H3. The van der Waals surface area contributed by atoms with E-state index in [1.807, 2.05) is 32.1 Å². The SMILES string of the molecule is COC(=O)CCc1cc(OC)c2c(c1OC)C=CC(C)(C)O2. The molecule has 0 aliphatic carbocycles. The predicted octanol–water partition coefficient (Wildman–Crippen LogP) is 2.99. The number of hydrogen-bond acceptors (Lipinski definition) is 5. The molecule has 5 nitrogen and oxygen atoms in total. The molecule has 1 aliphatic rings. The van der Waals surface area contributed by atoms with Gasteiger partial charge in [0.15, 0.2) is 11.5 Å². The van der Waals surface area contributed by atoms with E-state index in [1.165, 1.54) is 7.11 Å². The molecule has 22 heavy (non-hydrogen) atoms. The second-order valence-corrected chi connectivity index (χ2v) is 5.63. The van der Waals surface area contributed by atoms with Gasteiger partial charge in [0.1, 0.15) is 11.4 Å². The number of aryl methyl sites for hydroxylation is 1. The van der Waals surface area contributed by atoms with Crippen molar-refractivity contribution in [3.05, 3.63) is 23.3 Å². The van der Waals surface area contributed by atoms with E-state index in [4.69, 9.17) is 18.9 Å². The third-order valence-electron chi connectivity index (χ3n) is 3.58. The number of hydrogen-bond donors (Lipinski definition) is 0. The number of methoxy groups -OCH3 is 3. The molecule has 1 aliphatic heterocycles. The fourth-order valence-corrected chi connectivity index (χ4v) is 2.45. The molecule has 0 atom stereocenters. The second-order valence-electron chi connectivity index (χ2n) is 5.63. The zero-order valence-electron chi connectivity index (χ0n) is 13.7. The maximum Gasteiger partial charge on any atom is 0.305 e. The van der Waals surface area contributed by atoms with Crippen molar-refractivity contribution in [3.63, 3.8) is 0 Å². The van der Waals surface area contributed by atoms with Crippen LogP contribution in [0.2, 0.25) is 0 Å². The van der Waals surface area contributed by atoms with Crippen molar-refractivity contribution in [1.29, 1.82) is 0 Å². The van der Waals surface area contributed by atoms with E-state index in [9.17, 15) is 4.79 Å². The highest BCUT2D eigenvalue weighted by Gasteiger charge is 2.28. The molecule has 0 saturated carbocycles. The van der Waals surface area contributed by atoms with Crippen molar-refractivity contribution < 1.29 is 23.7 Å². The molecular formula is C17H22O5. The quantitative estimate of drug-likeness (QED) is 0.783. The summed E-state index contributed by atoms with van der Waals surface area (Å²) in [5, 5.41) is 0. The van der Waals surface area contributed by atoms with Gasteiger partial charge in [-0.1, -0.05) is 0 Å². The van der Waals surface area contributed by atoms with E-state index < -0.39 is 5.60 Å². The summed E-state index contributed by atoms with van der Waals surface area (Å²) >= 11 is 0. The van der Waals surface area contributed by atoms with Crippen LogP contribution in [0.3, 0.4) is 0 Å². The molecule has 0 radical (unpaired) electrons. The van der Waals surface area contributed by atoms with Crippen LogP contribution in [0.5, 0.6) is 17.2 Å². The van der Waals surface area contributed by atoms with Crippen LogP contribution in [0.15, 0.2) is 12.1 Å². The summed E-state index contributed by atoms with van der Waals surface area (Å²) in [5.74, 6) is 1.74. The minimum absolute atomic E-state index is 0.258. The molecule has 0 fully saturated rings. The second kappa shape index (κ2) is 6.30. The van der Waals surface area contributed by atoms with Crippen molar-refractivity contribution in [2.75, 3.05) is 21.3 Å². The molecule has 1 aromatic rings. The van der Waals surface area contributed by atoms with Crippen LogP contribution in [0, 0.1) is 0 Å². The number of rotatable bonds is 5. The molecular weight excluding hydrogens is 284 g/mol. The number of esters is 1. The lowest BCUT2D eigenvalue weighted by molar-refractivity contribution is -0.140. The van der Waals surface area contributed by atoms with Crippen molar-refractivity contribution in [2.24, 2.45) is 0 Å². The molecule has 0 spiro atoms. The molecule has 0 amide bonds. The number of carbonyl (C=O) groups is 1. The van der Waals surface area contributed by atoms with Crippen LogP contribution in [0.1, 0.15) is 31.4 Å². The first-order chi connectivity index (χ1) is 10.4. The zero-order chi connectivity index (χ0) is 16.3. The van der Waals surface area contributed by atoms with Gasteiger partial charge in [0.05, 0.1) is 26.9 Å². The Kier molecular flexibility index (Phi) is 4.64. The van der Waals surface area contributed by atoms with Crippen LogP contribution >= 0.6 is 0 Å². The summed E-state index contributed by atoms with van der Waals surface area (Å²) in [6, 6.07) is 1.86. The summed E-state index contributed by atoms with van der Waals surface area (Å²) in [6.07, 6.45) is 4.74. The summed E-state index contributed by atoms with van der Waals surface area (Å²) < 4.78 is 21.7. The van der Waals surface area contributed by atoms with E-state index in [1.54, 1.807) is 14.2 Å². The lowest BCUT2D eigenvalue weighted by Gasteiger charge is -2.30. The molecule has 120 valence electrons. The van der Waals surface area contributed by atoms with Gasteiger partial charge in [-0.2, -0.15) is 0 Å². The minimum Gasteiger partial charge on any atom is -0.496 e. The maximum atomic E-state index is 11.4. The normalized spacial score (nSPS) is 14.8. The van der Waals surface area contributed by atoms with Crippen molar-refractivity contribution >= 4 is 12.0 Å². The Morgan fingerprint density at radius 2 is 1.95 bits per heavy atom. The first kappa shape index (κ1) is 16.2. The largest absolute Gasteiger partial charge is 0.496 e. The van der Waals surface area contributed by atoms with Crippen LogP contribution in [-0.2, 0) is 16.0 Å². The van der Waals surface area contributed by atoms with Gasteiger partial charge in [0, 0.05) is 6.42 Å². The molecule has 0 bridgehead atoms. The van der Waals surface area contributed by atoms with Crippen molar-refractivity contribution in [1.82, 2.24) is 0 Å². The number of ether oxygens (including phenoxy) is 4. The van der Waals surface area contributed by atoms with Crippen LogP contribution in [-0.4, -0.2) is 32.9 Å². The molecule has 0 unspecified atom stereocenters. The highest BCUT2D eigenvalue weighted by Crippen LogP contribution is 2.45. The third kappa shape index (κ3) is 3.18. The minimum atomic E-state index is -0.404. The fourth-order valence-electron chi connectivity index (χ4n) is 2.45. The van der Waals surface area contributed by atoms with Gasteiger partial charge >= 0.3 is 5.97 Å². The number of benzene rings is 1. The molecule has 2 rings (SSSR count). The van der Waals surface area contributed by atoms with Gasteiger partial charge < -0.3 is 18.9 Å². The van der Waals surface area contributed by atoms with E-state index >= 15 is 0 Å². The Balaban J connectivity index is 2.47. The lowest BCUT2D eigenvalue weighted by Crippen LogP contribution is -2.28. The van der Waals surface area contributed by atoms with E-state index in [0.717, 1.165) is 11.1 Å². The fraction of sp³-hybridized carbons (Fsp3) is 0.471. The molecule has 1 aromatic carbocycles. The van der Waals surface area contributed by atoms with Crippen LogP contribution in [0.25, 0.3) is 6.08 Å². The Hall–Kier alpha value is -2.17. The first-order valence-electron chi connectivity index (χ1n) is 7.14. The monoisotopic (exact) mass is 306 g/mol. The molecule has 0 aromatic heterocycles. The van der Waals surface area contributed by atoms with Gasteiger partial charge in [-0.3, -0.25) is 4.79 Å². The average molecular weight is 306 g/mol. The number of carbonyl (C=O) groups excluding carboxylic acids is 1.